The first-order valence-electron chi connectivity index (χ1n) is 11.1. The number of nitrogens with zero attached hydrogens (tertiary/aromatic N) is 1. The van der Waals surface area contributed by atoms with Crippen LogP contribution in [0.25, 0.3) is 0 Å². The zero-order chi connectivity index (χ0) is 24.2. The van der Waals surface area contributed by atoms with E-state index in [1.807, 2.05) is 29.6 Å². The number of carbonyl (C=O) groups is 4. The maximum atomic E-state index is 12.9. The molecule has 3 rings (SSSR count). The maximum Gasteiger partial charge on any atom is 0.303 e. The summed E-state index contributed by atoms with van der Waals surface area (Å²) in [5.41, 5.74) is 0. The summed E-state index contributed by atoms with van der Waals surface area (Å²) in [5, 5.41) is 1.39. The molecule has 0 unspecified atom stereocenters. The summed E-state index contributed by atoms with van der Waals surface area (Å²) >= 11 is 4.02. The zero-order valence-electron chi connectivity index (χ0n) is 19.5. The zero-order valence-corrected chi connectivity index (χ0v) is 22.1. The minimum atomic E-state index is -1.91. The summed E-state index contributed by atoms with van der Waals surface area (Å²) in [5.74, 6) is -0.464. The molecule has 7 nitrogen and oxygen atoms in total. The number of thioether (sulfide) groups is 2. The molecule has 2 heterocycles. The first-order valence-corrected chi connectivity index (χ1v) is 16.1. The Morgan fingerprint density at radius 2 is 1.52 bits per heavy atom. The van der Waals surface area contributed by atoms with E-state index in [1.165, 1.54) is 11.6 Å². The predicted molar refractivity (Wildman–Crippen MR) is 133 cm³/mol. The average Bonchev–Trinajstić information content (AvgIpc) is 2.98. The van der Waals surface area contributed by atoms with Gasteiger partial charge in [-0.15, -0.1) is 23.5 Å². The summed E-state index contributed by atoms with van der Waals surface area (Å²) in [4.78, 5) is 49.7. The van der Waals surface area contributed by atoms with Crippen LogP contribution in [0, 0.1) is 0 Å². The van der Waals surface area contributed by atoms with Gasteiger partial charge in [-0.05, 0) is 30.8 Å². The number of imide groups is 1. The van der Waals surface area contributed by atoms with Crippen molar-refractivity contribution in [3.05, 3.63) is 30.3 Å². The quantitative estimate of drug-likeness (QED) is 0.300. The highest BCUT2D eigenvalue weighted by Crippen LogP contribution is 2.51. The highest BCUT2D eigenvalue weighted by atomic mass is 32.2. The van der Waals surface area contributed by atoms with Gasteiger partial charge in [0.2, 0.25) is 12.2 Å². The molecule has 0 radical (unpaired) electrons. The first-order chi connectivity index (χ1) is 15.6. The molecule has 33 heavy (non-hydrogen) atoms. The molecule has 0 saturated carbocycles. The fraction of sp³-hybridized carbons (Fsp3) is 0.565. The molecule has 0 aliphatic carbocycles. The van der Waals surface area contributed by atoms with Gasteiger partial charge in [0.1, 0.15) is 8.07 Å². The molecule has 180 valence electrons. The third kappa shape index (κ3) is 5.49. The molecule has 0 aromatic heterocycles. The lowest BCUT2D eigenvalue weighted by molar-refractivity contribution is -0.167. The minimum absolute atomic E-state index is 0.0307. The molecule has 1 aromatic rings. The number of ether oxygens (including phenoxy) is 2. The van der Waals surface area contributed by atoms with E-state index in [-0.39, 0.29) is 10.2 Å². The summed E-state index contributed by atoms with van der Waals surface area (Å²) < 4.78 is 10.1. The molecule has 2 amide bonds. The van der Waals surface area contributed by atoms with Crippen molar-refractivity contribution in [1.29, 1.82) is 0 Å². The molecule has 2 aliphatic heterocycles. The lowest BCUT2D eigenvalue weighted by Gasteiger charge is -2.47. The van der Waals surface area contributed by atoms with Crippen molar-refractivity contribution in [3.8, 4) is 0 Å². The second kappa shape index (κ2) is 10.6. The van der Waals surface area contributed by atoms with Gasteiger partial charge in [-0.25, -0.2) is 0 Å². The molecule has 2 fully saturated rings. The van der Waals surface area contributed by atoms with Crippen LogP contribution in [-0.2, 0) is 28.7 Å². The van der Waals surface area contributed by atoms with Gasteiger partial charge in [0.05, 0.1) is 3.70 Å². The Bertz CT molecular complexity index is 869. The Labute approximate surface area is 204 Å². The van der Waals surface area contributed by atoms with Crippen molar-refractivity contribution in [3.63, 3.8) is 0 Å². The van der Waals surface area contributed by atoms with Gasteiger partial charge in [-0.1, -0.05) is 48.6 Å². The third-order valence-corrected chi connectivity index (χ3v) is 17.1. The Hall–Kier alpha value is -1.78. The Balaban J connectivity index is 1.76. The van der Waals surface area contributed by atoms with Crippen LogP contribution in [0.15, 0.2) is 30.3 Å². The first kappa shape index (κ1) is 25.8. The topological polar surface area (TPSA) is 90.0 Å². The number of rotatable bonds is 8. The third-order valence-electron chi connectivity index (χ3n) is 6.17. The smallest absolute Gasteiger partial charge is 0.303 e. The van der Waals surface area contributed by atoms with E-state index in [2.05, 4.69) is 37.4 Å². The highest BCUT2D eigenvalue weighted by Gasteiger charge is 2.53. The molecule has 0 N–H and O–H groups in total. The van der Waals surface area contributed by atoms with E-state index in [1.54, 1.807) is 0 Å². The predicted octanol–water partition coefficient (Wildman–Crippen LogP) is 2.72. The Kier molecular flexibility index (Phi) is 8.34. The van der Waals surface area contributed by atoms with E-state index < -0.39 is 44.0 Å². The van der Waals surface area contributed by atoms with Crippen molar-refractivity contribution < 1.29 is 28.7 Å². The SMILES string of the molecule is CC(=O)O[C@H]1C(=O)N(CCCC2([Si](C)(C)c3ccccc3)SCCCS2)C(=O)[C@@H]1OC(C)=O. The number of likely N-dealkylation sites (tertiary alicyclic amines) is 1. The van der Waals surface area contributed by atoms with E-state index in [4.69, 9.17) is 9.47 Å². The minimum Gasteiger partial charge on any atom is -0.448 e. The number of benzene rings is 1. The van der Waals surface area contributed by atoms with Gasteiger partial charge < -0.3 is 9.47 Å². The maximum absolute atomic E-state index is 12.9. The van der Waals surface area contributed by atoms with Crippen LogP contribution in [0.3, 0.4) is 0 Å². The van der Waals surface area contributed by atoms with Crippen molar-refractivity contribution in [2.75, 3.05) is 18.1 Å². The monoisotopic (exact) mass is 509 g/mol. The number of hydrogen-bond acceptors (Lipinski definition) is 8. The molecule has 0 spiro atoms. The number of carbonyl (C=O) groups excluding carboxylic acids is 4. The standard InChI is InChI=1S/C23H31NO6S2Si/c1-16(25)29-19-20(30-17(2)26)22(28)24(21(19)27)13-8-12-23(31-14-9-15-32-23)33(3,4)18-10-6-5-7-11-18/h5-7,10-11,19-20H,8-9,12-15H2,1-4H3/t19-,20-/m1/s1. The van der Waals surface area contributed by atoms with E-state index in [0.717, 1.165) is 36.7 Å². The van der Waals surface area contributed by atoms with Crippen LogP contribution in [-0.4, -0.2) is 70.7 Å². The summed E-state index contributed by atoms with van der Waals surface area (Å²) in [6.07, 6.45) is -0.180. The van der Waals surface area contributed by atoms with E-state index in [9.17, 15) is 19.2 Å². The van der Waals surface area contributed by atoms with Crippen LogP contribution >= 0.6 is 23.5 Å². The van der Waals surface area contributed by atoms with Gasteiger partial charge >= 0.3 is 11.9 Å². The van der Waals surface area contributed by atoms with Crippen molar-refractivity contribution in [2.45, 2.75) is 62.1 Å². The van der Waals surface area contributed by atoms with Gasteiger partial charge in [0.25, 0.3) is 11.8 Å². The summed E-state index contributed by atoms with van der Waals surface area (Å²) in [6.45, 7) is 7.31. The molecule has 1 aromatic carbocycles. The lowest BCUT2D eigenvalue weighted by atomic mass is 10.2. The van der Waals surface area contributed by atoms with Gasteiger partial charge in [0.15, 0.2) is 0 Å². The Morgan fingerprint density at radius 1 is 1.00 bits per heavy atom. The Morgan fingerprint density at radius 3 is 2.00 bits per heavy atom. The second-order valence-corrected chi connectivity index (χ2v) is 17.2. The van der Waals surface area contributed by atoms with Crippen LogP contribution in [0.5, 0.6) is 0 Å². The fourth-order valence-electron chi connectivity index (χ4n) is 4.41. The van der Waals surface area contributed by atoms with E-state index >= 15 is 0 Å². The fourth-order valence-corrected chi connectivity index (χ4v) is 13.7. The number of hydrogen-bond donors (Lipinski definition) is 0. The molecule has 2 atom stereocenters. The van der Waals surface area contributed by atoms with Crippen LogP contribution in [0.4, 0.5) is 0 Å². The van der Waals surface area contributed by atoms with Crippen LogP contribution < -0.4 is 5.19 Å². The van der Waals surface area contributed by atoms with Crippen molar-refractivity contribution >= 4 is 60.5 Å². The van der Waals surface area contributed by atoms with Crippen LogP contribution in [0.1, 0.15) is 33.1 Å². The highest BCUT2D eigenvalue weighted by molar-refractivity contribution is 8.21. The average molecular weight is 510 g/mol. The lowest BCUT2D eigenvalue weighted by Crippen LogP contribution is -2.59. The summed E-state index contributed by atoms with van der Waals surface area (Å²) in [7, 11) is -1.91. The molecule has 0 bridgehead atoms. The molecule has 2 aliphatic rings. The van der Waals surface area contributed by atoms with Gasteiger partial charge in [-0.3, -0.25) is 24.1 Å². The molecular formula is C23H31NO6S2Si. The number of esters is 2. The van der Waals surface area contributed by atoms with Gasteiger partial charge in [-0.2, -0.15) is 0 Å². The largest absolute Gasteiger partial charge is 0.448 e. The second-order valence-electron chi connectivity index (χ2n) is 8.79. The molecule has 2 saturated heterocycles. The van der Waals surface area contributed by atoms with Gasteiger partial charge in [0, 0.05) is 20.4 Å². The summed E-state index contributed by atoms with van der Waals surface area (Å²) in [6, 6.07) is 10.6. The normalized spacial score (nSPS) is 22.8. The molecule has 10 heteroatoms. The van der Waals surface area contributed by atoms with Crippen molar-refractivity contribution in [2.24, 2.45) is 0 Å². The van der Waals surface area contributed by atoms with E-state index in [0.29, 0.717) is 6.42 Å². The van der Waals surface area contributed by atoms with Crippen molar-refractivity contribution in [1.82, 2.24) is 4.90 Å². The van der Waals surface area contributed by atoms with Crippen LogP contribution in [0.2, 0.25) is 13.1 Å². The molecular weight excluding hydrogens is 478 g/mol. The number of amides is 2.